The zero-order chi connectivity index (χ0) is 10.1. The van der Waals surface area contributed by atoms with Crippen molar-refractivity contribution in [3.05, 3.63) is 21.9 Å². The molecule has 74 valence electrons. The van der Waals surface area contributed by atoms with Gasteiger partial charge in [-0.05, 0) is 23.4 Å². The average Bonchev–Trinajstić information content (AvgIpc) is 2.49. The van der Waals surface area contributed by atoms with Gasteiger partial charge < -0.3 is 0 Å². The van der Waals surface area contributed by atoms with Crippen LogP contribution in [-0.2, 0) is 6.18 Å². The summed E-state index contributed by atoms with van der Waals surface area (Å²) in [4.78, 5) is -0.575. The van der Waals surface area contributed by atoms with E-state index in [4.69, 9.17) is 11.6 Å². The molecular formula is C8H8ClF3S. The second kappa shape index (κ2) is 3.88. The maximum absolute atomic E-state index is 12.3. The van der Waals surface area contributed by atoms with E-state index >= 15 is 0 Å². The van der Waals surface area contributed by atoms with Gasteiger partial charge in [-0.1, -0.05) is 6.92 Å². The third-order valence-electron chi connectivity index (χ3n) is 1.65. The van der Waals surface area contributed by atoms with E-state index in [0.29, 0.717) is 17.8 Å². The van der Waals surface area contributed by atoms with E-state index in [-0.39, 0.29) is 5.56 Å². The third kappa shape index (κ3) is 2.38. The topological polar surface area (TPSA) is 0 Å². The van der Waals surface area contributed by atoms with Crippen LogP contribution < -0.4 is 0 Å². The highest BCUT2D eigenvalue weighted by Gasteiger charge is 2.36. The van der Waals surface area contributed by atoms with Crippen LogP contribution in [0.1, 0.15) is 29.2 Å². The zero-order valence-corrected chi connectivity index (χ0v) is 8.43. The molecule has 13 heavy (non-hydrogen) atoms. The van der Waals surface area contributed by atoms with Gasteiger partial charge >= 0.3 is 6.18 Å². The fourth-order valence-electron chi connectivity index (χ4n) is 1.02. The fourth-order valence-corrected chi connectivity index (χ4v) is 2.09. The lowest BCUT2D eigenvalue weighted by Gasteiger charge is -2.10. The summed E-state index contributed by atoms with van der Waals surface area (Å²) in [5.74, 6) is 0. The maximum Gasteiger partial charge on any atom is 0.425 e. The first kappa shape index (κ1) is 10.9. The van der Waals surface area contributed by atoms with Crippen molar-refractivity contribution in [2.75, 3.05) is 0 Å². The molecule has 0 fully saturated rings. The van der Waals surface area contributed by atoms with Gasteiger partial charge in [-0.2, -0.15) is 13.2 Å². The Morgan fingerprint density at radius 1 is 1.54 bits per heavy atom. The summed E-state index contributed by atoms with van der Waals surface area (Å²) in [5.41, 5.74) is 0.196. The fraction of sp³-hybridized carbons (Fsp3) is 0.500. The Balaban J connectivity index is 3.03. The van der Waals surface area contributed by atoms with Crippen LogP contribution in [-0.4, -0.2) is 0 Å². The first-order valence-electron chi connectivity index (χ1n) is 3.75. The largest absolute Gasteiger partial charge is 0.425 e. The summed E-state index contributed by atoms with van der Waals surface area (Å²) >= 11 is 6.44. The predicted molar refractivity (Wildman–Crippen MR) is 48.2 cm³/mol. The van der Waals surface area contributed by atoms with Gasteiger partial charge in [0.2, 0.25) is 0 Å². The molecule has 0 aliphatic heterocycles. The minimum Gasteiger partial charge on any atom is -0.165 e. The average molecular weight is 229 g/mol. The molecule has 1 aromatic rings. The van der Waals surface area contributed by atoms with Crippen LogP contribution in [0.2, 0.25) is 0 Å². The van der Waals surface area contributed by atoms with E-state index in [0.717, 1.165) is 0 Å². The molecular weight excluding hydrogens is 221 g/mol. The number of rotatable bonds is 2. The molecule has 0 radical (unpaired) electrons. The number of alkyl halides is 4. The Kier molecular flexibility index (Phi) is 3.24. The van der Waals surface area contributed by atoms with Crippen molar-refractivity contribution in [3.8, 4) is 0 Å². The Bertz CT molecular complexity index is 279. The SMILES string of the molecule is CCC(Cl)c1ccsc1C(F)(F)F. The van der Waals surface area contributed by atoms with Gasteiger partial charge in [0.15, 0.2) is 0 Å². The molecule has 0 amide bonds. The summed E-state index contributed by atoms with van der Waals surface area (Å²) in [6.45, 7) is 1.76. The lowest BCUT2D eigenvalue weighted by atomic mass is 10.1. The van der Waals surface area contributed by atoms with Crippen LogP contribution in [0.25, 0.3) is 0 Å². The highest BCUT2D eigenvalue weighted by Crippen LogP contribution is 2.40. The van der Waals surface area contributed by atoms with Crippen molar-refractivity contribution < 1.29 is 13.2 Å². The first-order valence-corrected chi connectivity index (χ1v) is 5.07. The predicted octanol–water partition coefficient (Wildman–Crippen LogP) is 4.46. The molecule has 0 saturated carbocycles. The molecule has 1 rings (SSSR count). The zero-order valence-electron chi connectivity index (χ0n) is 6.86. The summed E-state index contributed by atoms with van der Waals surface area (Å²) in [7, 11) is 0. The van der Waals surface area contributed by atoms with Crippen molar-refractivity contribution >= 4 is 22.9 Å². The van der Waals surface area contributed by atoms with Crippen LogP contribution in [0.15, 0.2) is 11.4 Å². The van der Waals surface area contributed by atoms with Crippen molar-refractivity contribution in [2.45, 2.75) is 24.9 Å². The first-order chi connectivity index (χ1) is 5.96. The molecule has 0 aromatic carbocycles. The van der Waals surface area contributed by atoms with Crippen molar-refractivity contribution in [3.63, 3.8) is 0 Å². The van der Waals surface area contributed by atoms with E-state index in [1.807, 2.05) is 0 Å². The van der Waals surface area contributed by atoms with E-state index < -0.39 is 16.4 Å². The Morgan fingerprint density at radius 3 is 2.62 bits per heavy atom. The second-order valence-corrected chi connectivity index (χ2v) is 4.02. The minimum absolute atomic E-state index is 0.196. The molecule has 0 spiro atoms. The van der Waals surface area contributed by atoms with Crippen LogP contribution in [0.4, 0.5) is 13.2 Å². The van der Waals surface area contributed by atoms with E-state index in [1.165, 1.54) is 11.4 Å². The Morgan fingerprint density at radius 2 is 2.15 bits per heavy atom. The summed E-state index contributed by atoms with van der Waals surface area (Å²) in [6.07, 6.45) is -3.77. The summed E-state index contributed by atoms with van der Waals surface area (Å²) < 4.78 is 37.0. The highest BCUT2D eigenvalue weighted by molar-refractivity contribution is 7.10. The van der Waals surface area contributed by atoms with E-state index in [9.17, 15) is 13.2 Å². The van der Waals surface area contributed by atoms with Crippen LogP contribution in [0.3, 0.4) is 0 Å². The van der Waals surface area contributed by atoms with Gasteiger partial charge in [0, 0.05) is 0 Å². The molecule has 0 N–H and O–H groups in total. The number of hydrogen-bond donors (Lipinski definition) is 0. The van der Waals surface area contributed by atoms with Gasteiger partial charge in [-0.25, -0.2) is 0 Å². The quantitative estimate of drug-likeness (QED) is 0.656. The Labute approximate surface area is 83.3 Å². The molecule has 0 bridgehead atoms. The van der Waals surface area contributed by atoms with Gasteiger partial charge in [0.05, 0.1) is 5.38 Å². The molecule has 0 aliphatic carbocycles. The van der Waals surface area contributed by atoms with Crippen molar-refractivity contribution in [1.29, 1.82) is 0 Å². The van der Waals surface area contributed by atoms with Crippen molar-refractivity contribution in [1.82, 2.24) is 0 Å². The molecule has 1 heterocycles. The van der Waals surface area contributed by atoms with Crippen LogP contribution >= 0.6 is 22.9 Å². The number of thiophene rings is 1. The summed E-state index contributed by atoms with van der Waals surface area (Å²) in [5, 5.41) is 0.881. The number of halogens is 4. The molecule has 0 nitrogen and oxygen atoms in total. The van der Waals surface area contributed by atoms with Crippen molar-refractivity contribution in [2.24, 2.45) is 0 Å². The van der Waals surface area contributed by atoms with E-state index in [1.54, 1.807) is 6.92 Å². The molecule has 1 unspecified atom stereocenters. The molecule has 5 heteroatoms. The van der Waals surface area contributed by atoms with Gasteiger partial charge in [-0.3, -0.25) is 0 Å². The highest BCUT2D eigenvalue weighted by atomic mass is 35.5. The monoisotopic (exact) mass is 228 g/mol. The minimum atomic E-state index is -4.27. The van der Waals surface area contributed by atoms with Crippen LogP contribution in [0, 0.1) is 0 Å². The number of hydrogen-bond acceptors (Lipinski definition) is 1. The van der Waals surface area contributed by atoms with Gasteiger partial charge in [0.1, 0.15) is 4.88 Å². The standard InChI is InChI=1S/C8H8ClF3S/c1-2-6(9)5-3-4-13-7(5)8(10,11)12/h3-4,6H,2H2,1H3. The molecule has 1 atom stereocenters. The second-order valence-electron chi connectivity index (χ2n) is 2.58. The van der Waals surface area contributed by atoms with E-state index in [2.05, 4.69) is 0 Å². The third-order valence-corrected chi connectivity index (χ3v) is 3.17. The van der Waals surface area contributed by atoms with Gasteiger partial charge in [-0.15, -0.1) is 22.9 Å². The molecule has 0 aliphatic rings. The van der Waals surface area contributed by atoms with Crippen LogP contribution in [0.5, 0.6) is 0 Å². The molecule has 0 saturated heterocycles. The van der Waals surface area contributed by atoms with Gasteiger partial charge in [0.25, 0.3) is 0 Å². The Hall–Kier alpha value is -0.220. The normalized spacial score (nSPS) is 14.5. The lowest BCUT2D eigenvalue weighted by molar-refractivity contribution is -0.134. The lowest BCUT2D eigenvalue weighted by Crippen LogP contribution is -2.06. The smallest absolute Gasteiger partial charge is 0.165 e. The maximum atomic E-state index is 12.3. The molecule has 1 aromatic heterocycles. The summed E-state index contributed by atoms with van der Waals surface area (Å²) in [6, 6.07) is 1.44.